The molecule has 0 bridgehead atoms. The van der Waals surface area contributed by atoms with E-state index in [4.69, 9.17) is 9.47 Å². The zero-order chi connectivity index (χ0) is 20.1. The molecule has 0 saturated heterocycles. The molecule has 0 aliphatic carbocycles. The highest BCUT2D eigenvalue weighted by atomic mass is 16.5. The maximum atomic E-state index is 12.4. The Morgan fingerprint density at radius 1 is 1.10 bits per heavy atom. The average molecular weight is 389 g/mol. The van der Waals surface area contributed by atoms with Gasteiger partial charge in [-0.1, -0.05) is 18.2 Å². The number of hydrogen-bond donors (Lipinski definition) is 1. The van der Waals surface area contributed by atoms with Gasteiger partial charge in [0.05, 0.1) is 12.2 Å². The molecule has 3 heterocycles. The van der Waals surface area contributed by atoms with Crippen LogP contribution in [0.1, 0.15) is 22.8 Å². The van der Waals surface area contributed by atoms with Crippen LogP contribution in [0.4, 0.5) is 0 Å². The Bertz CT molecular complexity index is 1120. The Kier molecular flexibility index (Phi) is 5.33. The van der Waals surface area contributed by atoms with Gasteiger partial charge in [0, 0.05) is 25.0 Å². The molecular weight excluding hydrogens is 370 g/mol. The predicted octanol–water partition coefficient (Wildman–Crippen LogP) is 3.25. The zero-order valence-electron chi connectivity index (χ0n) is 15.8. The maximum absolute atomic E-state index is 12.4. The average Bonchev–Trinajstić information content (AvgIpc) is 3.22. The van der Waals surface area contributed by atoms with Gasteiger partial charge in [0.25, 0.3) is 5.91 Å². The van der Waals surface area contributed by atoms with Crippen molar-refractivity contribution in [2.75, 3.05) is 6.61 Å². The van der Waals surface area contributed by atoms with Crippen LogP contribution in [-0.2, 0) is 6.54 Å². The van der Waals surface area contributed by atoms with Crippen LogP contribution in [-0.4, -0.2) is 32.1 Å². The van der Waals surface area contributed by atoms with Gasteiger partial charge >= 0.3 is 0 Å². The van der Waals surface area contributed by atoms with Gasteiger partial charge in [-0.3, -0.25) is 9.20 Å². The Labute approximate surface area is 167 Å². The summed E-state index contributed by atoms with van der Waals surface area (Å²) in [5, 5.41) is 10.6. The van der Waals surface area contributed by atoms with Crippen LogP contribution in [0.25, 0.3) is 5.65 Å². The van der Waals surface area contributed by atoms with Gasteiger partial charge in [-0.25, -0.2) is 4.98 Å². The highest BCUT2D eigenvalue weighted by molar-refractivity contribution is 5.94. The van der Waals surface area contributed by atoms with E-state index in [1.54, 1.807) is 41.3 Å². The van der Waals surface area contributed by atoms with E-state index in [9.17, 15) is 4.79 Å². The van der Waals surface area contributed by atoms with Crippen LogP contribution in [0.5, 0.6) is 17.4 Å². The number of fused-ring (bicyclic) bond motifs is 1. The third-order valence-corrected chi connectivity index (χ3v) is 4.17. The highest BCUT2D eigenvalue weighted by Gasteiger charge is 2.09. The molecule has 4 aromatic rings. The van der Waals surface area contributed by atoms with E-state index in [0.717, 1.165) is 5.56 Å². The topological polar surface area (TPSA) is 90.6 Å². The van der Waals surface area contributed by atoms with Gasteiger partial charge in [-0.05, 0) is 36.8 Å². The number of benzene rings is 1. The van der Waals surface area contributed by atoms with Gasteiger partial charge in [-0.15, -0.1) is 10.2 Å². The lowest BCUT2D eigenvalue weighted by Crippen LogP contribution is -2.23. The number of para-hydroxylation sites is 2. The molecule has 1 N–H and O–H groups in total. The Morgan fingerprint density at radius 2 is 1.97 bits per heavy atom. The Morgan fingerprint density at radius 3 is 2.76 bits per heavy atom. The standard InChI is InChI=1S/C21H19N5O3/c1-2-28-17-5-3-4-6-18(17)29-20-10-7-15(11-22-20)12-23-21(27)16-8-9-19-25-24-14-26(19)13-16/h3-11,13-14H,2,12H2,1H3,(H,23,27). The number of aromatic nitrogens is 4. The smallest absolute Gasteiger partial charge is 0.253 e. The fourth-order valence-corrected chi connectivity index (χ4v) is 2.74. The van der Waals surface area contributed by atoms with Crippen molar-refractivity contribution in [3.63, 3.8) is 0 Å². The number of carbonyl (C=O) groups is 1. The lowest BCUT2D eigenvalue weighted by atomic mass is 10.2. The molecule has 0 unspecified atom stereocenters. The van der Waals surface area contributed by atoms with Crippen molar-refractivity contribution in [2.45, 2.75) is 13.5 Å². The van der Waals surface area contributed by atoms with Crippen molar-refractivity contribution in [1.29, 1.82) is 0 Å². The second kappa shape index (κ2) is 8.39. The quantitative estimate of drug-likeness (QED) is 0.522. The van der Waals surface area contributed by atoms with E-state index in [-0.39, 0.29) is 5.91 Å². The molecule has 3 aromatic heterocycles. The third-order valence-electron chi connectivity index (χ3n) is 4.17. The Balaban J connectivity index is 1.37. The molecule has 8 heteroatoms. The number of nitrogens with one attached hydrogen (secondary N) is 1. The fraction of sp³-hybridized carbons (Fsp3) is 0.143. The van der Waals surface area contributed by atoms with Crippen molar-refractivity contribution in [3.05, 3.63) is 78.4 Å². The van der Waals surface area contributed by atoms with Crippen molar-refractivity contribution in [1.82, 2.24) is 24.9 Å². The molecule has 0 aliphatic heterocycles. The first kappa shape index (κ1) is 18.4. The molecule has 0 radical (unpaired) electrons. The summed E-state index contributed by atoms with van der Waals surface area (Å²) in [6, 6.07) is 14.5. The summed E-state index contributed by atoms with van der Waals surface area (Å²) >= 11 is 0. The molecule has 0 fully saturated rings. The van der Waals surface area contributed by atoms with Crippen LogP contribution >= 0.6 is 0 Å². The largest absolute Gasteiger partial charge is 0.490 e. The van der Waals surface area contributed by atoms with E-state index in [1.165, 1.54) is 0 Å². The Hall–Kier alpha value is -3.94. The van der Waals surface area contributed by atoms with Gasteiger partial charge in [-0.2, -0.15) is 0 Å². The summed E-state index contributed by atoms with van der Waals surface area (Å²) in [6.45, 7) is 2.82. The van der Waals surface area contributed by atoms with Crippen molar-refractivity contribution in [2.24, 2.45) is 0 Å². The molecule has 0 aliphatic rings. The highest BCUT2D eigenvalue weighted by Crippen LogP contribution is 2.30. The molecule has 4 rings (SSSR count). The van der Waals surface area contributed by atoms with Crippen LogP contribution in [0.2, 0.25) is 0 Å². The third kappa shape index (κ3) is 4.32. The molecular formula is C21H19N5O3. The van der Waals surface area contributed by atoms with E-state index >= 15 is 0 Å². The first-order chi connectivity index (χ1) is 14.2. The van der Waals surface area contributed by atoms with Gasteiger partial charge in [0.2, 0.25) is 5.88 Å². The van der Waals surface area contributed by atoms with Crippen LogP contribution in [0, 0.1) is 0 Å². The lowest BCUT2D eigenvalue weighted by Gasteiger charge is -2.11. The molecule has 146 valence electrons. The molecule has 0 spiro atoms. The van der Waals surface area contributed by atoms with Crippen LogP contribution in [0.15, 0.2) is 67.3 Å². The molecule has 29 heavy (non-hydrogen) atoms. The van der Waals surface area contributed by atoms with E-state index in [1.807, 2.05) is 37.3 Å². The second-order valence-electron chi connectivity index (χ2n) is 6.18. The van der Waals surface area contributed by atoms with E-state index < -0.39 is 0 Å². The van der Waals surface area contributed by atoms with Crippen molar-refractivity contribution in [3.8, 4) is 17.4 Å². The van der Waals surface area contributed by atoms with Gasteiger partial charge in [0.15, 0.2) is 17.1 Å². The number of pyridine rings is 2. The summed E-state index contributed by atoms with van der Waals surface area (Å²) in [6.07, 6.45) is 4.91. The number of carbonyl (C=O) groups excluding carboxylic acids is 1. The monoisotopic (exact) mass is 389 g/mol. The summed E-state index contributed by atoms with van der Waals surface area (Å²) < 4.78 is 13.1. The minimum Gasteiger partial charge on any atom is -0.490 e. The number of ether oxygens (including phenoxy) is 2. The summed E-state index contributed by atoms with van der Waals surface area (Å²) in [5.41, 5.74) is 2.07. The number of amides is 1. The van der Waals surface area contributed by atoms with E-state index in [0.29, 0.717) is 41.7 Å². The van der Waals surface area contributed by atoms with Gasteiger partial charge < -0.3 is 14.8 Å². The molecule has 0 saturated carbocycles. The summed E-state index contributed by atoms with van der Waals surface area (Å²) in [5.74, 6) is 1.53. The second-order valence-corrected chi connectivity index (χ2v) is 6.18. The zero-order valence-corrected chi connectivity index (χ0v) is 15.8. The molecule has 8 nitrogen and oxygen atoms in total. The summed E-state index contributed by atoms with van der Waals surface area (Å²) in [7, 11) is 0. The number of hydrogen-bond acceptors (Lipinski definition) is 6. The van der Waals surface area contributed by atoms with Crippen molar-refractivity contribution >= 4 is 11.6 Å². The first-order valence-corrected chi connectivity index (χ1v) is 9.15. The number of nitrogens with zero attached hydrogens (tertiary/aromatic N) is 4. The summed E-state index contributed by atoms with van der Waals surface area (Å²) in [4.78, 5) is 16.7. The molecule has 1 aromatic carbocycles. The maximum Gasteiger partial charge on any atom is 0.253 e. The van der Waals surface area contributed by atoms with Crippen LogP contribution < -0.4 is 14.8 Å². The van der Waals surface area contributed by atoms with Crippen LogP contribution in [0.3, 0.4) is 0 Å². The first-order valence-electron chi connectivity index (χ1n) is 9.15. The molecule has 1 amide bonds. The van der Waals surface area contributed by atoms with E-state index in [2.05, 4.69) is 20.5 Å². The fourth-order valence-electron chi connectivity index (χ4n) is 2.74. The minimum atomic E-state index is -0.188. The van der Waals surface area contributed by atoms with Gasteiger partial charge in [0.1, 0.15) is 6.33 Å². The molecule has 0 atom stereocenters. The lowest BCUT2D eigenvalue weighted by molar-refractivity contribution is 0.0950. The SMILES string of the molecule is CCOc1ccccc1Oc1ccc(CNC(=O)c2ccc3nncn3c2)cn1. The minimum absolute atomic E-state index is 0.188. The number of rotatable bonds is 7. The van der Waals surface area contributed by atoms with Crippen molar-refractivity contribution < 1.29 is 14.3 Å². The normalized spacial score (nSPS) is 10.7. The predicted molar refractivity (Wildman–Crippen MR) is 106 cm³/mol.